The van der Waals surface area contributed by atoms with Crippen molar-refractivity contribution in [2.45, 2.75) is 25.6 Å². The van der Waals surface area contributed by atoms with Gasteiger partial charge in [0.1, 0.15) is 0 Å². The highest BCUT2D eigenvalue weighted by atomic mass is 35.5. The molecule has 148 valence electrons. The topological polar surface area (TPSA) is 86.8 Å². The molecule has 29 heavy (non-hydrogen) atoms. The second kappa shape index (κ2) is 9.32. The van der Waals surface area contributed by atoms with E-state index in [0.29, 0.717) is 25.2 Å². The Morgan fingerprint density at radius 3 is 2.62 bits per heavy atom. The Kier molecular flexibility index (Phi) is 6.60. The minimum absolute atomic E-state index is 0. The van der Waals surface area contributed by atoms with Gasteiger partial charge in [0.25, 0.3) is 0 Å². The summed E-state index contributed by atoms with van der Waals surface area (Å²) in [7, 11) is 0. The summed E-state index contributed by atoms with van der Waals surface area (Å²) in [6.07, 6.45) is 7.77. The van der Waals surface area contributed by atoms with Crippen molar-refractivity contribution >= 4 is 24.0 Å². The van der Waals surface area contributed by atoms with Crippen molar-refractivity contribution in [1.82, 2.24) is 19.9 Å². The normalized spacial score (nSPS) is 15.8. The first kappa shape index (κ1) is 20.5. The fourth-order valence-corrected chi connectivity index (χ4v) is 3.40. The quantitative estimate of drug-likeness (QED) is 0.677. The molecule has 0 unspecified atom stereocenters. The van der Waals surface area contributed by atoms with Gasteiger partial charge in [-0.1, -0.05) is 12.1 Å². The zero-order chi connectivity index (χ0) is 19.3. The highest BCUT2D eigenvalue weighted by molar-refractivity contribution is 5.99. The molecule has 0 aliphatic carbocycles. The molecule has 1 fully saturated rings. The molecule has 3 aromatic rings. The van der Waals surface area contributed by atoms with E-state index < -0.39 is 0 Å². The van der Waals surface area contributed by atoms with Gasteiger partial charge in [-0.25, -0.2) is 4.98 Å². The Morgan fingerprint density at radius 2 is 1.90 bits per heavy atom. The summed E-state index contributed by atoms with van der Waals surface area (Å²) in [4.78, 5) is 22.7. The molecular weight excluding hydrogens is 388 g/mol. The lowest BCUT2D eigenvalue weighted by atomic mass is 10.1. The van der Waals surface area contributed by atoms with Crippen LogP contribution in [0.15, 0.2) is 61.3 Å². The van der Waals surface area contributed by atoms with Crippen molar-refractivity contribution in [3.8, 4) is 6.07 Å². The molecule has 1 saturated heterocycles. The van der Waals surface area contributed by atoms with Crippen molar-refractivity contribution in [2.24, 2.45) is 0 Å². The SMILES string of the molecule is Cl.N#Cc1ccc(Cn2cncc2CN[C@H]2CCN(c3ccncc3)C2=O)cc1. The largest absolute Gasteiger partial charge is 0.329 e. The van der Waals surface area contributed by atoms with E-state index >= 15 is 0 Å². The first-order valence-corrected chi connectivity index (χ1v) is 9.17. The van der Waals surface area contributed by atoms with Gasteiger partial charge in [-0.2, -0.15) is 5.26 Å². The van der Waals surface area contributed by atoms with Crippen molar-refractivity contribution < 1.29 is 4.79 Å². The number of carbonyl (C=O) groups is 1. The molecule has 0 bridgehead atoms. The van der Waals surface area contributed by atoms with Gasteiger partial charge >= 0.3 is 0 Å². The molecule has 2 aromatic heterocycles. The van der Waals surface area contributed by atoms with Gasteiger partial charge in [-0.3, -0.25) is 9.78 Å². The maximum Gasteiger partial charge on any atom is 0.244 e. The zero-order valence-corrected chi connectivity index (χ0v) is 16.5. The molecule has 3 heterocycles. The molecular formula is C21H21ClN6O. The Bertz CT molecular complexity index is 996. The third-order valence-electron chi connectivity index (χ3n) is 4.94. The minimum atomic E-state index is -0.202. The molecule has 1 N–H and O–H groups in total. The molecule has 1 aliphatic rings. The Morgan fingerprint density at radius 1 is 1.14 bits per heavy atom. The number of carbonyl (C=O) groups excluding carboxylic acids is 1. The van der Waals surface area contributed by atoms with E-state index in [-0.39, 0.29) is 24.4 Å². The zero-order valence-electron chi connectivity index (χ0n) is 15.7. The van der Waals surface area contributed by atoms with Gasteiger partial charge in [0, 0.05) is 43.9 Å². The van der Waals surface area contributed by atoms with Crippen LogP contribution in [0.3, 0.4) is 0 Å². The first-order valence-electron chi connectivity index (χ1n) is 9.17. The van der Waals surface area contributed by atoms with Crippen LogP contribution in [-0.4, -0.2) is 33.0 Å². The summed E-state index contributed by atoms with van der Waals surface area (Å²) >= 11 is 0. The number of pyridine rings is 1. The fourth-order valence-electron chi connectivity index (χ4n) is 3.40. The van der Waals surface area contributed by atoms with E-state index in [9.17, 15) is 4.79 Å². The summed E-state index contributed by atoms with van der Waals surface area (Å²) < 4.78 is 2.05. The van der Waals surface area contributed by atoms with Gasteiger partial charge < -0.3 is 14.8 Å². The third kappa shape index (κ3) is 4.62. The average Bonchev–Trinajstić information content (AvgIpc) is 3.33. The Hall–Kier alpha value is -3.21. The monoisotopic (exact) mass is 408 g/mol. The first-order chi connectivity index (χ1) is 13.7. The van der Waals surface area contributed by atoms with Crippen molar-refractivity contribution in [2.75, 3.05) is 11.4 Å². The van der Waals surface area contributed by atoms with Crippen LogP contribution in [0, 0.1) is 11.3 Å². The second-order valence-corrected chi connectivity index (χ2v) is 6.74. The predicted molar refractivity (Wildman–Crippen MR) is 112 cm³/mol. The van der Waals surface area contributed by atoms with Gasteiger partial charge in [-0.15, -0.1) is 12.4 Å². The Balaban J connectivity index is 0.00000240. The standard InChI is InChI=1S/C21H20N6O.ClH/c22-11-16-1-3-17(4-2-16)14-26-15-24-12-19(26)13-25-20-7-10-27(21(20)28)18-5-8-23-9-6-18;/h1-6,8-9,12,15,20,25H,7,10,13-14H2;1H/t20-;/m0./s1. The summed E-state index contributed by atoms with van der Waals surface area (Å²) in [6, 6.07) is 13.2. The lowest BCUT2D eigenvalue weighted by Crippen LogP contribution is -2.38. The number of benzene rings is 1. The molecule has 0 spiro atoms. The highest BCUT2D eigenvalue weighted by Crippen LogP contribution is 2.21. The van der Waals surface area contributed by atoms with Crippen LogP contribution in [0.4, 0.5) is 5.69 Å². The second-order valence-electron chi connectivity index (χ2n) is 6.74. The van der Waals surface area contributed by atoms with Crippen LogP contribution >= 0.6 is 12.4 Å². The van der Waals surface area contributed by atoms with Gasteiger partial charge in [0.2, 0.25) is 5.91 Å². The average molecular weight is 409 g/mol. The van der Waals surface area contributed by atoms with E-state index in [2.05, 4.69) is 25.9 Å². The van der Waals surface area contributed by atoms with Crippen molar-refractivity contribution in [3.63, 3.8) is 0 Å². The number of anilines is 1. The van der Waals surface area contributed by atoms with Gasteiger partial charge in [-0.05, 0) is 36.2 Å². The van der Waals surface area contributed by atoms with Crippen LogP contribution in [-0.2, 0) is 17.9 Å². The predicted octanol–water partition coefficient (Wildman–Crippen LogP) is 2.51. The number of nitrogens with one attached hydrogen (secondary N) is 1. The number of hydrogen-bond acceptors (Lipinski definition) is 5. The molecule has 4 rings (SSSR count). The molecule has 1 amide bonds. The van der Waals surface area contributed by atoms with Crippen LogP contribution in [0.5, 0.6) is 0 Å². The van der Waals surface area contributed by atoms with Gasteiger partial charge in [0.05, 0.1) is 29.7 Å². The van der Waals surface area contributed by atoms with E-state index in [0.717, 1.165) is 23.4 Å². The summed E-state index contributed by atoms with van der Waals surface area (Å²) in [5.74, 6) is 0.0874. The van der Waals surface area contributed by atoms with E-state index in [4.69, 9.17) is 5.26 Å². The summed E-state index contributed by atoms with van der Waals surface area (Å²) in [5, 5.41) is 12.3. The summed E-state index contributed by atoms with van der Waals surface area (Å²) in [5.41, 5.74) is 3.64. The maximum atomic E-state index is 12.7. The van der Waals surface area contributed by atoms with E-state index in [1.807, 2.05) is 42.6 Å². The fraction of sp³-hybridized carbons (Fsp3) is 0.238. The number of amides is 1. The van der Waals surface area contributed by atoms with Gasteiger partial charge in [0.15, 0.2) is 0 Å². The van der Waals surface area contributed by atoms with Crippen LogP contribution in [0.25, 0.3) is 0 Å². The third-order valence-corrected chi connectivity index (χ3v) is 4.94. The highest BCUT2D eigenvalue weighted by Gasteiger charge is 2.32. The number of imidazole rings is 1. The van der Waals surface area contributed by atoms with Crippen LogP contribution in [0.2, 0.25) is 0 Å². The lowest BCUT2D eigenvalue weighted by Gasteiger charge is -2.17. The lowest BCUT2D eigenvalue weighted by molar-refractivity contribution is -0.118. The number of halogens is 1. The molecule has 8 heteroatoms. The van der Waals surface area contributed by atoms with Crippen molar-refractivity contribution in [1.29, 1.82) is 5.26 Å². The molecule has 7 nitrogen and oxygen atoms in total. The number of nitriles is 1. The molecule has 1 aliphatic heterocycles. The molecule has 1 aromatic carbocycles. The molecule has 0 saturated carbocycles. The van der Waals surface area contributed by atoms with E-state index in [1.165, 1.54) is 0 Å². The smallest absolute Gasteiger partial charge is 0.244 e. The van der Waals surface area contributed by atoms with Crippen molar-refractivity contribution in [3.05, 3.63) is 78.1 Å². The maximum absolute atomic E-state index is 12.7. The number of aromatic nitrogens is 3. The van der Waals surface area contributed by atoms with E-state index in [1.54, 1.807) is 23.6 Å². The minimum Gasteiger partial charge on any atom is -0.329 e. The van der Waals surface area contributed by atoms with Crippen LogP contribution < -0.4 is 10.2 Å². The summed E-state index contributed by atoms with van der Waals surface area (Å²) in [6.45, 7) is 1.94. The molecule has 1 atom stereocenters. The number of hydrogen-bond donors (Lipinski definition) is 1. The number of nitrogens with zero attached hydrogens (tertiary/aromatic N) is 5. The Labute approximate surface area is 175 Å². The van der Waals surface area contributed by atoms with Crippen LogP contribution in [0.1, 0.15) is 23.2 Å². The number of rotatable bonds is 6. The molecule has 0 radical (unpaired) electrons.